The monoisotopic (exact) mass is 539 g/mol. The molecule has 0 amide bonds. The lowest BCUT2D eigenvalue weighted by molar-refractivity contribution is -0.171. The minimum Gasteiger partial charge on any atom is -0.461 e. The molecule has 3 heteroatoms. The smallest absolute Gasteiger partial charge is 0.323 e. The highest BCUT2D eigenvalue weighted by molar-refractivity contribution is 5.75. The zero-order chi connectivity index (χ0) is 29.0. The van der Waals surface area contributed by atoms with E-state index in [1.807, 2.05) is 11.1 Å². The molecule has 0 bridgehead atoms. The fraction of sp³-hybridized carbons (Fsp3) is 0.861. The number of hydrogen-bond donors (Lipinski definition) is 1. The van der Waals surface area contributed by atoms with Gasteiger partial charge in [-0.3, -0.25) is 4.79 Å². The maximum absolute atomic E-state index is 12.9. The van der Waals surface area contributed by atoms with Crippen molar-refractivity contribution in [3.8, 4) is 0 Å². The Morgan fingerprint density at radius 2 is 1.67 bits per heavy atom. The van der Waals surface area contributed by atoms with Crippen molar-refractivity contribution in [2.24, 2.45) is 51.1 Å². The van der Waals surface area contributed by atoms with Gasteiger partial charge in [-0.05, 0) is 124 Å². The van der Waals surface area contributed by atoms with Crippen molar-refractivity contribution in [1.82, 2.24) is 0 Å². The first-order valence-electron chi connectivity index (χ1n) is 16.4. The summed E-state index contributed by atoms with van der Waals surface area (Å²) in [6, 6.07) is -0.509. The summed E-state index contributed by atoms with van der Waals surface area (Å²) < 4.78 is 6.21. The van der Waals surface area contributed by atoms with Crippen LogP contribution < -0.4 is 5.73 Å². The van der Waals surface area contributed by atoms with Crippen LogP contribution in [0.3, 0.4) is 0 Å². The highest BCUT2D eigenvalue weighted by Crippen LogP contribution is 2.72. The van der Waals surface area contributed by atoms with Crippen molar-refractivity contribution >= 4 is 5.97 Å². The second-order valence-electron chi connectivity index (χ2n) is 16.2. The van der Waals surface area contributed by atoms with Gasteiger partial charge in [0.25, 0.3) is 0 Å². The standard InChI is InChI=1S/C36H61NO2/c1-23(2)12-11-13-25(5)26-16-20-36(10)28-14-15-30-33(6,7)31(39-32(38)29(37)22-24(3)4)18-19-34(30,8)27(28)17-21-35(26,36)9/h12,24-26,29-31H,11,13-22,37H2,1-10H3/t25-,26-,29+,30?,31+,34-,35-,36+/m1/s1. The van der Waals surface area contributed by atoms with Gasteiger partial charge in [0.15, 0.2) is 0 Å². The second kappa shape index (κ2) is 11.0. The zero-order valence-corrected chi connectivity index (χ0v) is 27.2. The van der Waals surface area contributed by atoms with Gasteiger partial charge in [0.1, 0.15) is 12.1 Å². The van der Waals surface area contributed by atoms with Crippen LogP contribution in [0.5, 0.6) is 0 Å². The molecule has 2 N–H and O–H groups in total. The Bertz CT molecular complexity index is 986. The lowest BCUT2D eigenvalue weighted by Gasteiger charge is -2.62. The summed E-state index contributed by atoms with van der Waals surface area (Å²) >= 11 is 0. The third-order valence-corrected chi connectivity index (χ3v) is 12.9. The number of allylic oxidation sites excluding steroid dienone is 4. The topological polar surface area (TPSA) is 52.3 Å². The summed E-state index contributed by atoms with van der Waals surface area (Å²) in [4.78, 5) is 12.9. The van der Waals surface area contributed by atoms with Crippen molar-refractivity contribution in [1.29, 1.82) is 0 Å². The van der Waals surface area contributed by atoms with Gasteiger partial charge >= 0.3 is 5.97 Å². The zero-order valence-electron chi connectivity index (χ0n) is 27.2. The highest BCUT2D eigenvalue weighted by Gasteiger charge is 2.63. The number of rotatable bonds is 8. The molecule has 0 radical (unpaired) electrons. The van der Waals surface area contributed by atoms with Crippen LogP contribution in [0.4, 0.5) is 0 Å². The normalized spacial score (nSPS) is 38.9. The SMILES string of the molecule is CC(C)=CCC[C@@H](C)[C@H]1CC[C@@]2(C)C3=C(CC[C@]12C)[C@@]1(C)CC[C@H](OC(=O)[C@@H](N)CC(C)C)C(C)(C)C1CC3. The van der Waals surface area contributed by atoms with Crippen molar-refractivity contribution in [2.45, 2.75) is 152 Å². The Labute approximate surface area is 241 Å². The Balaban J connectivity index is 1.56. The van der Waals surface area contributed by atoms with Gasteiger partial charge in [-0.25, -0.2) is 0 Å². The van der Waals surface area contributed by atoms with Gasteiger partial charge in [0, 0.05) is 5.41 Å². The first-order valence-corrected chi connectivity index (χ1v) is 16.4. The van der Waals surface area contributed by atoms with Crippen molar-refractivity contribution in [3.05, 3.63) is 22.8 Å². The highest BCUT2D eigenvalue weighted by atomic mass is 16.5. The van der Waals surface area contributed by atoms with Gasteiger partial charge in [0.05, 0.1) is 0 Å². The van der Waals surface area contributed by atoms with Crippen LogP contribution in [0.25, 0.3) is 0 Å². The summed E-state index contributed by atoms with van der Waals surface area (Å²) in [5.41, 5.74) is 12.3. The molecule has 2 saturated carbocycles. The maximum Gasteiger partial charge on any atom is 0.323 e. The average Bonchev–Trinajstić information content (AvgIpc) is 3.11. The van der Waals surface area contributed by atoms with Crippen LogP contribution in [0, 0.1) is 45.3 Å². The Hall–Kier alpha value is -1.09. The maximum atomic E-state index is 12.9. The Morgan fingerprint density at radius 3 is 2.31 bits per heavy atom. The quantitative estimate of drug-likeness (QED) is 0.247. The molecule has 4 aliphatic rings. The summed E-state index contributed by atoms with van der Waals surface area (Å²) in [6.07, 6.45) is 15.5. The fourth-order valence-electron chi connectivity index (χ4n) is 10.5. The van der Waals surface area contributed by atoms with E-state index in [0.29, 0.717) is 29.1 Å². The molecule has 1 unspecified atom stereocenters. The van der Waals surface area contributed by atoms with Crippen LogP contribution in [-0.2, 0) is 9.53 Å². The molecule has 0 aliphatic heterocycles. The summed E-state index contributed by atoms with van der Waals surface area (Å²) in [5, 5.41) is 0. The second-order valence-corrected chi connectivity index (χ2v) is 16.2. The molecule has 8 atom stereocenters. The molecule has 4 aliphatic carbocycles. The number of ether oxygens (including phenoxy) is 1. The molecule has 222 valence electrons. The van der Waals surface area contributed by atoms with Crippen molar-refractivity contribution < 1.29 is 9.53 Å². The summed E-state index contributed by atoms with van der Waals surface area (Å²) in [5.74, 6) is 2.36. The van der Waals surface area contributed by atoms with Crippen LogP contribution in [0.15, 0.2) is 22.8 Å². The van der Waals surface area contributed by atoms with Gasteiger partial charge in [-0.15, -0.1) is 0 Å². The van der Waals surface area contributed by atoms with E-state index in [2.05, 4.69) is 75.3 Å². The third-order valence-electron chi connectivity index (χ3n) is 12.9. The lowest BCUT2D eigenvalue weighted by Crippen LogP contribution is -2.56. The third kappa shape index (κ3) is 5.21. The molecule has 0 aromatic heterocycles. The average molecular weight is 540 g/mol. The molecule has 0 spiro atoms. The first-order chi connectivity index (χ1) is 18.1. The van der Waals surface area contributed by atoms with Crippen LogP contribution in [0.2, 0.25) is 0 Å². The fourth-order valence-corrected chi connectivity index (χ4v) is 10.5. The van der Waals surface area contributed by atoms with Crippen LogP contribution >= 0.6 is 0 Å². The van der Waals surface area contributed by atoms with E-state index < -0.39 is 6.04 Å². The molecule has 4 rings (SSSR count). The van der Waals surface area contributed by atoms with E-state index in [9.17, 15) is 4.79 Å². The lowest BCUT2D eigenvalue weighted by atomic mass is 9.43. The minimum absolute atomic E-state index is 0.0367. The molecule has 0 saturated heterocycles. The van der Waals surface area contributed by atoms with Crippen molar-refractivity contribution in [3.63, 3.8) is 0 Å². The largest absolute Gasteiger partial charge is 0.461 e. The van der Waals surface area contributed by atoms with Gasteiger partial charge in [-0.2, -0.15) is 0 Å². The molecule has 39 heavy (non-hydrogen) atoms. The Morgan fingerprint density at radius 1 is 0.974 bits per heavy atom. The molecule has 2 fully saturated rings. The van der Waals surface area contributed by atoms with Crippen LogP contribution in [0.1, 0.15) is 140 Å². The molecule has 0 heterocycles. The number of esters is 1. The molecule has 3 nitrogen and oxygen atoms in total. The number of fused-ring (bicyclic) bond motifs is 4. The minimum atomic E-state index is -0.509. The predicted molar refractivity (Wildman–Crippen MR) is 164 cm³/mol. The summed E-state index contributed by atoms with van der Waals surface area (Å²) in [7, 11) is 0. The molecule has 0 aromatic rings. The Kier molecular flexibility index (Phi) is 8.67. The predicted octanol–water partition coefficient (Wildman–Crippen LogP) is 9.40. The van der Waals surface area contributed by atoms with E-state index in [4.69, 9.17) is 10.5 Å². The van der Waals surface area contributed by atoms with E-state index >= 15 is 0 Å². The molecular formula is C36H61NO2. The number of carbonyl (C=O) groups is 1. The van der Waals surface area contributed by atoms with E-state index in [-0.39, 0.29) is 22.9 Å². The van der Waals surface area contributed by atoms with E-state index in [1.54, 1.807) is 0 Å². The van der Waals surface area contributed by atoms with E-state index in [1.165, 1.54) is 56.9 Å². The molecule has 0 aromatic carbocycles. The van der Waals surface area contributed by atoms with Gasteiger partial charge < -0.3 is 10.5 Å². The van der Waals surface area contributed by atoms with Gasteiger partial charge in [-0.1, -0.05) is 78.2 Å². The van der Waals surface area contributed by atoms with E-state index in [0.717, 1.165) is 24.7 Å². The van der Waals surface area contributed by atoms with Gasteiger partial charge in [0.2, 0.25) is 0 Å². The molecular weight excluding hydrogens is 478 g/mol. The van der Waals surface area contributed by atoms with Crippen LogP contribution in [-0.4, -0.2) is 18.1 Å². The number of nitrogens with two attached hydrogens (primary N) is 1. The summed E-state index contributed by atoms with van der Waals surface area (Å²) in [6.45, 7) is 23.9. The first kappa shape index (κ1) is 30.9. The van der Waals surface area contributed by atoms with Crippen molar-refractivity contribution in [2.75, 3.05) is 0 Å². The number of carbonyl (C=O) groups excluding carboxylic acids is 1. The number of hydrogen-bond acceptors (Lipinski definition) is 3.